The maximum Gasteiger partial charge on any atom is 0.0284 e. The fourth-order valence-corrected chi connectivity index (χ4v) is 5.51. The quantitative estimate of drug-likeness (QED) is 0.360. The van der Waals surface area contributed by atoms with Crippen LogP contribution in [0.25, 0.3) is 33.2 Å². The number of allylic oxidation sites excluding steroid dienone is 6. The zero-order valence-corrected chi connectivity index (χ0v) is 15.9. The maximum absolute atomic E-state index is 2.45. The summed E-state index contributed by atoms with van der Waals surface area (Å²) in [5.74, 6) is 0.345. The van der Waals surface area contributed by atoms with Crippen molar-refractivity contribution in [3.8, 4) is 0 Å². The minimum atomic E-state index is 0.345. The predicted octanol–water partition coefficient (Wildman–Crippen LogP) is 5.51. The van der Waals surface area contributed by atoms with Crippen molar-refractivity contribution >= 4 is 33.2 Å². The highest BCUT2D eigenvalue weighted by atomic mass is 14.3. The molecule has 0 heteroatoms. The van der Waals surface area contributed by atoms with E-state index in [4.69, 9.17) is 0 Å². The lowest BCUT2D eigenvalue weighted by molar-refractivity contribution is 0.988. The first-order chi connectivity index (χ1) is 14.4. The number of benzene rings is 4. The Morgan fingerprint density at radius 1 is 0.621 bits per heavy atom. The first kappa shape index (κ1) is 15.3. The molecule has 134 valence electrons. The largest absolute Gasteiger partial charge is 0.0726 e. The van der Waals surface area contributed by atoms with Crippen molar-refractivity contribution in [3.05, 3.63) is 130 Å². The SMILES string of the molecule is C1=CC2=C3C=c4c(c5ccccc5c5ccccc45)=C3c3ccccc3C2C=C1. The van der Waals surface area contributed by atoms with E-state index in [0.29, 0.717) is 5.92 Å². The molecular weight excluding hydrogens is 348 g/mol. The van der Waals surface area contributed by atoms with Crippen molar-refractivity contribution in [1.82, 2.24) is 0 Å². The molecule has 0 heterocycles. The molecule has 0 saturated heterocycles. The number of fused-ring (bicyclic) bond motifs is 11. The van der Waals surface area contributed by atoms with Crippen LogP contribution in [0.4, 0.5) is 0 Å². The first-order valence-corrected chi connectivity index (χ1v) is 10.3. The average Bonchev–Trinajstić information content (AvgIpc) is 3.21. The van der Waals surface area contributed by atoms with Gasteiger partial charge in [0.25, 0.3) is 0 Å². The van der Waals surface area contributed by atoms with Crippen LogP contribution in [-0.2, 0) is 0 Å². The van der Waals surface area contributed by atoms with Crippen molar-refractivity contribution < 1.29 is 0 Å². The zero-order valence-electron chi connectivity index (χ0n) is 15.9. The van der Waals surface area contributed by atoms with Crippen LogP contribution in [0.1, 0.15) is 17.0 Å². The minimum absolute atomic E-state index is 0.345. The molecule has 0 amide bonds. The molecule has 29 heavy (non-hydrogen) atoms. The summed E-state index contributed by atoms with van der Waals surface area (Å²) in [6, 6.07) is 26.7. The summed E-state index contributed by atoms with van der Waals surface area (Å²) >= 11 is 0. The Morgan fingerprint density at radius 3 is 2.17 bits per heavy atom. The summed E-state index contributed by atoms with van der Waals surface area (Å²) in [6.07, 6.45) is 11.5. The van der Waals surface area contributed by atoms with E-state index in [1.165, 1.54) is 59.8 Å². The standard InChI is InChI=1S/C29H18/c1-3-13-22-18(9-1)20-11-5-7-15-24(20)28-26(22)17-27-23-14-4-2-10-19(23)21-12-6-8-16-25(21)29(27)28/h1-18H. The van der Waals surface area contributed by atoms with Gasteiger partial charge in [-0.3, -0.25) is 0 Å². The second-order valence-corrected chi connectivity index (χ2v) is 8.08. The van der Waals surface area contributed by atoms with Gasteiger partial charge < -0.3 is 0 Å². The lowest BCUT2D eigenvalue weighted by Crippen LogP contribution is -2.26. The Morgan fingerprint density at radius 2 is 1.31 bits per heavy atom. The molecule has 7 rings (SSSR count). The van der Waals surface area contributed by atoms with Crippen molar-refractivity contribution in [2.24, 2.45) is 0 Å². The van der Waals surface area contributed by atoms with Crippen molar-refractivity contribution in [2.75, 3.05) is 0 Å². The summed E-state index contributed by atoms with van der Waals surface area (Å²) in [5, 5.41) is 8.15. The topological polar surface area (TPSA) is 0 Å². The van der Waals surface area contributed by atoms with E-state index >= 15 is 0 Å². The van der Waals surface area contributed by atoms with Crippen LogP contribution in [0, 0.1) is 0 Å². The van der Waals surface area contributed by atoms with E-state index in [0.717, 1.165) is 0 Å². The van der Waals surface area contributed by atoms with Crippen LogP contribution >= 0.6 is 0 Å². The van der Waals surface area contributed by atoms with E-state index in [-0.39, 0.29) is 0 Å². The molecule has 0 radical (unpaired) electrons. The highest BCUT2D eigenvalue weighted by molar-refractivity contribution is 6.12. The van der Waals surface area contributed by atoms with Gasteiger partial charge in [-0.2, -0.15) is 0 Å². The molecule has 0 spiro atoms. The summed E-state index contributed by atoms with van der Waals surface area (Å²) in [5.41, 5.74) is 7.02. The molecule has 0 N–H and O–H groups in total. The fraction of sp³-hybridized carbons (Fsp3) is 0.0345. The summed E-state index contributed by atoms with van der Waals surface area (Å²) in [7, 11) is 0. The van der Waals surface area contributed by atoms with Crippen LogP contribution in [-0.4, -0.2) is 0 Å². The molecule has 1 unspecified atom stereocenters. The van der Waals surface area contributed by atoms with Gasteiger partial charge in [-0.05, 0) is 65.9 Å². The molecule has 3 aliphatic rings. The van der Waals surface area contributed by atoms with E-state index in [2.05, 4.69) is 103 Å². The van der Waals surface area contributed by atoms with Crippen LogP contribution in [0.5, 0.6) is 0 Å². The third kappa shape index (κ3) is 1.89. The molecule has 0 fully saturated rings. The molecule has 0 nitrogen and oxygen atoms in total. The third-order valence-electron chi connectivity index (χ3n) is 6.68. The zero-order chi connectivity index (χ0) is 18.9. The van der Waals surface area contributed by atoms with Gasteiger partial charge in [-0.25, -0.2) is 0 Å². The molecule has 4 aromatic rings. The van der Waals surface area contributed by atoms with E-state index in [1.807, 2.05) is 0 Å². The predicted molar refractivity (Wildman–Crippen MR) is 122 cm³/mol. The second-order valence-electron chi connectivity index (χ2n) is 8.08. The Labute approximate surface area is 169 Å². The van der Waals surface area contributed by atoms with E-state index in [9.17, 15) is 0 Å². The normalized spacial score (nSPS) is 18.5. The highest BCUT2D eigenvalue weighted by Gasteiger charge is 2.31. The number of hydrogen-bond acceptors (Lipinski definition) is 0. The number of rotatable bonds is 0. The Balaban J connectivity index is 1.82. The molecule has 0 aromatic heterocycles. The molecule has 1 atom stereocenters. The molecule has 0 bridgehead atoms. The van der Waals surface area contributed by atoms with Gasteiger partial charge in [-0.15, -0.1) is 0 Å². The van der Waals surface area contributed by atoms with Crippen LogP contribution in [0.15, 0.2) is 108 Å². The molecule has 0 saturated carbocycles. The second kappa shape index (κ2) is 5.46. The van der Waals surface area contributed by atoms with Crippen LogP contribution in [0.2, 0.25) is 0 Å². The number of hydrogen-bond donors (Lipinski definition) is 0. The van der Waals surface area contributed by atoms with Crippen molar-refractivity contribution in [2.45, 2.75) is 5.92 Å². The lowest BCUT2D eigenvalue weighted by Gasteiger charge is -2.29. The molecule has 0 aliphatic heterocycles. The van der Waals surface area contributed by atoms with Crippen LogP contribution in [0.3, 0.4) is 0 Å². The van der Waals surface area contributed by atoms with E-state index in [1.54, 1.807) is 0 Å². The van der Waals surface area contributed by atoms with Gasteiger partial charge in [0.2, 0.25) is 0 Å². The molecule has 4 aromatic carbocycles. The Kier molecular flexibility index (Phi) is 2.88. The van der Waals surface area contributed by atoms with Gasteiger partial charge in [0.05, 0.1) is 0 Å². The lowest BCUT2D eigenvalue weighted by atomic mass is 9.74. The van der Waals surface area contributed by atoms with Gasteiger partial charge in [-0.1, -0.05) is 97.1 Å². The maximum atomic E-state index is 2.45. The Bertz CT molecular complexity index is 1590. The van der Waals surface area contributed by atoms with Gasteiger partial charge in [0, 0.05) is 5.92 Å². The smallest absolute Gasteiger partial charge is 0.0284 e. The van der Waals surface area contributed by atoms with Gasteiger partial charge in [0.1, 0.15) is 0 Å². The molecular formula is C29H18. The van der Waals surface area contributed by atoms with E-state index < -0.39 is 0 Å². The summed E-state index contributed by atoms with van der Waals surface area (Å²) < 4.78 is 0. The summed E-state index contributed by atoms with van der Waals surface area (Å²) in [6.45, 7) is 0. The third-order valence-corrected chi connectivity index (χ3v) is 6.68. The highest BCUT2D eigenvalue weighted by Crippen LogP contribution is 2.45. The Hall–Kier alpha value is -3.64. The first-order valence-electron chi connectivity index (χ1n) is 10.3. The monoisotopic (exact) mass is 366 g/mol. The summed E-state index contributed by atoms with van der Waals surface area (Å²) in [4.78, 5) is 0. The van der Waals surface area contributed by atoms with Crippen molar-refractivity contribution in [1.29, 1.82) is 0 Å². The van der Waals surface area contributed by atoms with Crippen molar-refractivity contribution in [3.63, 3.8) is 0 Å². The average molecular weight is 366 g/mol. The molecule has 3 aliphatic carbocycles. The fourth-order valence-electron chi connectivity index (χ4n) is 5.51. The van der Waals surface area contributed by atoms with Crippen LogP contribution < -0.4 is 10.4 Å². The van der Waals surface area contributed by atoms with Gasteiger partial charge >= 0.3 is 0 Å². The van der Waals surface area contributed by atoms with Gasteiger partial charge in [0.15, 0.2) is 0 Å². The minimum Gasteiger partial charge on any atom is -0.0726 e.